The normalized spacial score (nSPS) is 14.7. The van der Waals surface area contributed by atoms with Gasteiger partial charge in [-0.2, -0.15) is 0 Å². The Morgan fingerprint density at radius 1 is 1.17 bits per heavy atom. The fourth-order valence-electron chi connectivity index (χ4n) is 2.92. The Kier molecular flexibility index (Phi) is 3.89. The van der Waals surface area contributed by atoms with Gasteiger partial charge in [-0.1, -0.05) is 30.3 Å². The zero-order valence-electron chi connectivity index (χ0n) is 13.1. The zero-order valence-corrected chi connectivity index (χ0v) is 13.9. The van der Waals surface area contributed by atoms with Crippen molar-refractivity contribution in [2.45, 2.75) is 26.4 Å². The van der Waals surface area contributed by atoms with E-state index in [2.05, 4.69) is 33.9 Å². The summed E-state index contributed by atoms with van der Waals surface area (Å²) in [6.07, 6.45) is 2.98. The van der Waals surface area contributed by atoms with E-state index in [-0.39, 0.29) is 0 Å². The first-order chi connectivity index (χ1) is 11.3. The van der Waals surface area contributed by atoms with E-state index in [4.69, 9.17) is 4.98 Å². The third kappa shape index (κ3) is 3.02. The van der Waals surface area contributed by atoms with Crippen LogP contribution in [0.1, 0.15) is 21.8 Å². The Morgan fingerprint density at radius 3 is 2.83 bits per heavy atom. The Hall–Kier alpha value is -2.11. The summed E-state index contributed by atoms with van der Waals surface area (Å²) in [4.78, 5) is 17.5. The van der Waals surface area contributed by atoms with E-state index in [9.17, 15) is 0 Å². The Balaban J connectivity index is 1.53. The quantitative estimate of drug-likeness (QED) is 0.740. The highest BCUT2D eigenvalue weighted by Gasteiger charge is 2.19. The molecule has 5 heteroatoms. The maximum Gasteiger partial charge on any atom is 0.159 e. The van der Waals surface area contributed by atoms with Gasteiger partial charge in [0.15, 0.2) is 5.82 Å². The molecular weight excluding hydrogens is 304 g/mol. The number of thiazole rings is 1. The summed E-state index contributed by atoms with van der Waals surface area (Å²) < 4.78 is 0. The van der Waals surface area contributed by atoms with Crippen LogP contribution in [-0.4, -0.2) is 26.4 Å². The second-order valence-electron chi connectivity index (χ2n) is 5.85. The van der Waals surface area contributed by atoms with Crippen molar-refractivity contribution in [1.29, 1.82) is 0 Å². The number of hydrogen-bond donors (Lipinski definition) is 0. The van der Waals surface area contributed by atoms with Crippen molar-refractivity contribution in [2.24, 2.45) is 0 Å². The number of aromatic nitrogens is 3. The molecule has 23 heavy (non-hydrogen) atoms. The minimum Gasteiger partial charge on any atom is -0.293 e. The first-order valence-electron chi connectivity index (χ1n) is 7.81. The molecule has 0 saturated heterocycles. The molecule has 4 nitrogen and oxygen atoms in total. The van der Waals surface area contributed by atoms with E-state index in [1.54, 1.807) is 11.3 Å². The van der Waals surface area contributed by atoms with Gasteiger partial charge in [0.25, 0.3) is 0 Å². The number of aryl methyl sites for hydroxylation is 1. The lowest BCUT2D eigenvalue weighted by Gasteiger charge is -2.27. The van der Waals surface area contributed by atoms with Gasteiger partial charge in [0.1, 0.15) is 0 Å². The summed E-state index contributed by atoms with van der Waals surface area (Å²) in [6.45, 7) is 5.01. The smallest absolute Gasteiger partial charge is 0.159 e. The van der Waals surface area contributed by atoms with E-state index in [1.807, 2.05) is 29.9 Å². The average Bonchev–Trinajstić information content (AvgIpc) is 3.00. The molecule has 1 aliphatic heterocycles. The molecule has 0 unspecified atom stereocenters. The third-order valence-electron chi connectivity index (χ3n) is 4.26. The van der Waals surface area contributed by atoms with Gasteiger partial charge in [-0.05, 0) is 6.92 Å². The molecule has 4 rings (SSSR count). The molecule has 0 bridgehead atoms. The molecule has 3 heterocycles. The van der Waals surface area contributed by atoms with Crippen molar-refractivity contribution in [1.82, 2.24) is 19.9 Å². The molecule has 0 fully saturated rings. The van der Waals surface area contributed by atoms with Gasteiger partial charge in [-0.3, -0.25) is 4.90 Å². The molecule has 0 N–H and O–H groups in total. The van der Waals surface area contributed by atoms with Crippen LogP contribution in [0.3, 0.4) is 0 Å². The van der Waals surface area contributed by atoms with Crippen molar-refractivity contribution < 1.29 is 0 Å². The molecule has 1 aliphatic rings. The van der Waals surface area contributed by atoms with Gasteiger partial charge in [0.05, 0.1) is 16.9 Å². The third-order valence-corrected chi connectivity index (χ3v) is 5.18. The van der Waals surface area contributed by atoms with E-state index in [1.165, 1.54) is 16.1 Å². The Morgan fingerprint density at radius 2 is 2.04 bits per heavy atom. The van der Waals surface area contributed by atoms with E-state index in [0.29, 0.717) is 0 Å². The van der Waals surface area contributed by atoms with Crippen LogP contribution in [0.4, 0.5) is 0 Å². The summed E-state index contributed by atoms with van der Waals surface area (Å²) in [5.41, 5.74) is 6.60. The molecule has 3 aromatic rings. The van der Waals surface area contributed by atoms with Crippen molar-refractivity contribution >= 4 is 11.3 Å². The molecular formula is C18H18N4S. The van der Waals surface area contributed by atoms with Crippen molar-refractivity contribution in [3.63, 3.8) is 0 Å². The summed E-state index contributed by atoms with van der Waals surface area (Å²) >= 11 is 1.74. The fourth-order valence-corrected chi connectivity index (χ4v) is 3.74. The lowest BCUT2D eigenvalue weighted by molar-refractivity contribution is 0.244. The molecule has 0 aliphatic carbocycles. The standard InChI is InChI=1S/C18H18N4S/c1-13-17(23-12-20-13)11-22-8-7-16-15(10-22)9-19-18(21-16)14-5-3-2-4-6-14/h2-6,9,12H,7-8,10-11H2,1H3. The van der Waals surface area contributed by atoms with Gasteiger partial charge in [0, 0.05) is 48.3 Å². The number of rotatable bonds is 3. The molecule has 0 saturated carbocycles. The van der Waals surface area contributed by atoms with Crippen LogP contribution in [0.15, 0.2) is 42.0 Å². The van der Waals surface area contributed by atoms with Gasteiger partial charge in [0.2, 0.25) is 0 Å². The summed E-state index contributed by atoms with van der Waals surface area (Å²) in [6, 6.07) is 10.2. The number of benzene rings is 1. The maximum absolute atomic E-state index is 4.79. The molecule has 0 radical (unpaired) electrons. The first kappa shape index (κ1) is 14.5. The van der Waals surface area contributed by atoms with Crippen LogP contribution >= 0.6 is 11.3 Å². The molecule has 1 aromatic carbocycles. The zero-order chi connectivity index (χ0) is 15.6. The number of hydrogen-bond acceptors (Lipinski definition) is 5. The lowest BCUT2D eigenvalue weighted by atomic mass is 10.1. The second kappa shape index (κ2) is 6.18. The summed E-state index contributed by atoms with van der Waals surface area (Å²) in [5, 5.41) is 0. The van der Waals surface area contributed by atoms with Crippen LogP contribution in [0.25, 0.3) is 11.4 Å². The van der Waals surface area contributed by atoms with Crippen LogP contribution < -0.4 is 0 Å². The van der Waals surface area contributed by atoms with Crippen LogP contribution in [0.2, 0.25) is 0 Å². The van der Waals surface area contributed by atoms with E-state index in [0.717, 1.165) is 43.1 Å². The Labute approximate surface area is 139 Å². The topological polar surface area (TPSA) is 41.9 Å². The average molecular weight is 322 g/mol. The maximum atomic E-state index is 4.79. The first-order valence-corrected chi connectivity index (χ1v) is 8.69. The van der Waals surface area contributed by atoms with E-state index < -0.39 is 0 Å². The molecule has 0 spiro atoms. The van der Waals surface area contributed by atoms with E-state index >= 15 is 0 Å². The highest BCUT2D eigenvalue weighted by molar-refractivity contribution is 7.09. The highest BCUT2D eigenvalue weighted by Crippen LogP contribution is 2.23. The second-order valence-corrected chi connectivity index (χ2v) is 6.79. The van der Waals surface area contributed by atoms with Crippen LogP contribution in [0.5, 0.6) is 0 Å². The molecule has 0 amide bonds. The van der Waals surface area contributed by atoms with Crippen molar-refractivity contribution in [3.8, 4) is 11.4 Å². The van der Waals surface area contributed by atoms with Crippen molar-refractivity contribution in [3.05, 3.63) is 63.9 Å². The SMILES string of the molecule is Cc1ncsc1CN1CCc2nc(-c3ccccc3)ncc2C1. The highest BCUT2D eigenvalue weighted by atomic mass is 32.1. The fraction of sp³-hybridized carbons (Fsp3) is 0.278. The van der Waals surface area contributed by atoms with Crippen LogP contribution in [-0.2, 0) is 19.5 Å². The minimum atomic E-state index is 0.830. The lowest BCUT2D eigenvalue weighted by Crippen LogP contribution is -2.30. The van der Waals surface area contributed by atoms with Crippen molar-refractivity contribution in [2.75, 3.05) is 6.54 Å². The molecule has 0 atom stereocenters. The monoisotopic (exact) mass is 322 g/mol. The minimum absolute atomic E-state index is 0.830. The number of fused-ring (bicyclic) bond motifs is 1. The summed E-state index contributed by atoms with van der Waals surface area (Å²) in [7, 11) is 0. The Bertz CT molecular complexity index is 813. The predicted octanol–water partition coefficient (Wildman–Crippen LogP) is 3.47. The van der Waals surface area contributed by atoms with Gasteiger partial charge >= 0.3 is 0 Å². The molecule has 116 valence electrons. The van der Waals surface area contributed by atoms with Gasteiger partial charge in [-0.25, -0.2) is 15.0 Å². The largest absolute Gasteiger partial charge is 0.293 e. The molecule has 2 aromatic heterocycles. The van der Waals surface area contributed by atoms with Gasteiger partial charge < -0.3 is 0 Å². The van der Waals surface area contributed by atoms with Gasteiger partial charge in [-0.15, -0.1) is 11.3 Å². The number of nitrogens with zero attached hydrogens (tertiary/aromatic N) is 4. The summed E-state index contributed by atoms with van der Waals surface area (Å²) in [5.74, 6) is 0.830. The van der Waals surface area contributed by atoms with Crippen LogP contribution in [0, 0.1) is 6.92 Å². The predicted molar refractivity (Wildman–Crippen MR) is 92.1 cm³/mol.